The minimum absolute atomic E-state index is 0.0124. The lowest BCUT2D eigenvalue weighted by Gasteiger charge is -2.08. The number of pyridine rings is 1. The number of hydrogen-bond acceptors (Lipinski definition) is 5. The smallest absolute Gasteiger partial charge is 0.222 e. The summed E-state index contributed by atoms with van der Waals surface area (Å²) in [6, 6.07) is 15.3. The van der Waals surface area contributed by atoms with Crippen LogP contribution in [0.15, 0.2) is 67.1 Å². The first-order chi connectivity index (χ1) is 12.3. The first kappa shape index (κ1) is 16.6. The highest BCUT2D eigenvalue weighted by atomic mass is 16.1. The molecule has 0 bridgehead atoms. The van der Waals surface area contributed by atoms with E-state index in [4.69, 9.17) is 0 Å². The van der Waals surface area contributed by atoms with Gasteiger partial charge in [-0.2, -0.15) is 0 Å². The number of nitrogens with one attached hydrogen (secondary N) is 2. The van der Waals surface area contributed by atoms with E-state index in [1.54, 1.807) is 24.7 Å². The second-order valence-electron chi connectivity index (χ2n) is 5.44. The first-order valence-corrected chi connectivity index (χ1v) is 8.09. The molecular formula is C19H19N5O. The molecule has 6 heteroatoms. The molecule has 0 spiro atoms. The number of rotatable bonds is 7. The lowest BCUT2D eigenvalue weighted by molar-refractivity contribution is -0.121. The third kappa shape index (κ3) is 5.10. The van der Waals surface area contributed by atoms with Gasteiger partial charge in [-0.15, -0.1) is 0 Å². The van der Waals surface area contributed by atoms with Crippen LogP contribution in [0.2, 0.25) is 0 Å². The van der Waals surface area contributed by atoms with Crippen LogP contribution in [0, 0.1) is 0 Å². The summed E-state index contributed by atoms with van der Waals surface area (Å²) in [5.41, 5.74) is 1.99. The second-order valence-corrected chi connectivity index (χ2v) is 5.44. The van der Waals surface area contributed by atoms with E-state index in [2.05, 4.69) is 25.6 Å². The summed E-state index contributed by atoms with van der Waals surface area (Å²) in [7, 11) is 0. The van der Waals surface area contributed by atoms with Crippen LogP contribution in [-0.4, -0.2) is 27.4 Å². The summed E-state index contributed by atoms with van der Waals surface area (Å²) < 4.78 is 0. The molecule has 25 heavy (non-hydrogen) atoms. The van der Waals surface area contributed by atoms with Gasteiger partial charge in [-0.1, -0.05) is 30.3 Å². The molecule has 0 aliphatic heterocycles. The predicted octanol–water partition coefficient (Wildman–Crippen LogP) is 2.66. The van der Waals surface area contributed by atoms with Crippen molar-refractivity contribution in [3.8, 4) is 11.4 Å². The quantitative estimate of drug-likeness (QED) is 0.695. The molecule has 2 N–H and O–H groups in total. The second kappa shape index (κ2) is 8.54. The zero-order valence-corrected chi connectivity index (χ0v) is 13.7. The minimum Gasteiger partial charge on any atom is -0.369 e. The number of benzene rings is 1. The number of carbonyl (C=O) groups excluding carboxylic acids is 1. The monoisotopic (exact) mass is 333 g/mol. The fourth-order valence-corrected chi connectivity index (χ4v) is 2.28. The molecule has 6 nitrogen and oxygen atoms in total. The van der Waals surface area contributed by atoms with E-state index in [0.717, 1.165) is 11.1 Å². The number of nitrogens with zero attached hydrogens (tertiary/aromatic N) is 3. The molecule has 3 rings (SSSR count). The van der Waals surface area contributed by atoms with Gasteiger partial charge in [0.2, 0.25) is 5.91 Å². The van der Waals surface area contributed by atoms with Gasteiger partial charge in [-0.3, -0.25) is 9.78 Å². The van der Waals surface area contributed by atoms with Gasteiger partial charge in [0.25, 0.3) is 0 Å². The van der Waals surface area contributed by atoms with Crippen LogP contribution in [0.5, 0.6) is 0 Å². The summed E-state index contributed by atoms with van der Waals surface area (Å²) >= 11 is 0. The molecule has 2 aromatic heterocycles. The number of aromatic nitrogens is 3. The van der Waals surface area contributed by atoms with Gasteiger partial charge >= 0.3 is 0 Å². The third-order valence-electron chi connectivity index (χ3n) is 3.58. The fourth-order valence-electron chi connectivity index (χ4n) is 2.28. The first-order valence-electron chi connectivity index (χ1n) is 8.09. The lowest BCUT2D eigenvalue weighted by atomic mass is 10.2. The Bertz CT molecular complexity index is 808. The van der Waals surface area contributed by atoms with Crippen LogP contribution in [0.3, 0.4) is 0 Å². The summed E-state index contributed by atoms with van der Waals surface area (Å²) in [5.74, 6) is 1.35. The van der Waals surface area contributed by atoms with Gasteiger partial charge in [-0.25, -0.2) is 9.97 Å². The maximum Gasteiger partial charge on any atom is 0.222 e. The van der Waals surface area contributed by atoms with Crippen LogP contribution in [-0.2, 0) is 11.3 Å². The summed E-state index contributed by atoms with van der Waals surface area (Å²) in [5, 5.41) is 6.04. The van der Waals surface area contributed by atoms with E-state index in [-0.39, 0.29) is 5.91 Å². The van der Waals surface area contributed by atoms with Gasteiger partial charge in [0.1, 0.15) is 5.82 Å². The van der Waals surface area contributed by atoms with Crippen LogP contribution >= 0.6 is 0 Å². The summed E-state index contributed by atoms with van der Waals surface area (Å²) in [6.45, 7) is 1.01. The number of carbonyl (C=O) groups is 1. The molecule has 1 amide bonds. The Hall–Kier alpha value is -3.28. The number of anilines is 1. The largest absolute Gasteiger partial charge is 0.369 e. The van der Waals surface area contributed by atoms with Crippen molar-refractivity contribution in [2.24, 2.45) is 0 Å². The van der Waals surface area contributed by atoms with Crippen LogP contribution in [0.4, 0.5) is 5.82 Å². The predicted molar refractivity (Wildman–Crippen MR) is 96.7 cm³/mol. The number of amides is 1. The molecule has 126 valence electrons. The van der Waals surface area contributed by atoms with E-state index in [9.17, 15) is 4.79 Å². The molecule has 0 aliphatic rings. The van der Waals surface area contributed by atoms with Crippen LogP contribution < -0.4 is 10.6 Å². The van der Waals surface area contributed by atoms with Crippen molar-refractivity contribution >= 4 is 11.7 Å². The molecule has 3 aromatic rings. The summed E-state index contributed by atoms with van der Waals surface area (Å²) in [6.07, 6.45) is 5.50. The summed E-state index contributed by atoms with van der Waals surface area (Å²) in [4.78, 5) is 24.6. The Kier molecular flexibility index (Phi) is 5.66. The zero-order valence-electron chi connectivity index (χ0n) is 13.7. The maximum absolute atomic E-state index is 11.9. The van der Waals surface area contributed by atoms with Gasteiger partial charge in [0.15, 0.2) is 5.82 Å². The van der Waals surface area contributed by atoms with Crippen molar-refractivity contribution in [1.82, 2.24) is 20.3 Å². The molecule has 0 saturated carbocycles. The standard InChI is InChI=1S/C19H19N5O/c25-18(23-14-15-6-10-20-11-7-15)9-13-21-17-8-12-22-19(24-17)16-4-2-1-3-5-16/h1-8,10-12H,9,13-14H2,(H,23,25)(H,21,22,24). The van der Waals surface area contributed by atoms with Crippen LogP contribution in [0.25, 0.3) is 11.4 Å². The van der Waals surface area contributed by atoms with Crippen molar-refractivity contribution < 1.29 is 4.79 Å². The van der Waals surface area contributed by atoms with Gasteiger partial charge < -0.3 is 10.6 Å². The van der Waals surface area contributed by atoms with Crippen LogP contribution in [0.1, 0.15) is 12.0 Å². The van der Waals surface area contributed by atoms with E-state index in [1.807, 2.05) is 42.5 Å². The van der Waals surface area contributed by atoms with Crippen molar-refractivity contribution in [2.45, 2.75) is 13.0 Å². The van der Waals surface area contributed by atoms with Gasteiger partial charge in [0, 0.05) is 43.7 Å². The lowest BCUT2D eigenvalue weighted by Crippen LogP contribution is -2.25. The molecule has 0 radical (unpaired) electrons. The van der Waals surface area contributed by atoms with E-state index >= 15 is 0 Å². The Morgan fingerprint density at radius 1 is 0.960 bits per heavy atom. The van der Waals surface area contributed by atoms with Gasteiger partial charge in [0.05, 0.1) is 0 Å². The number of hydrogen-bond donors (Lipinski definition) is 2. The van der Waals surface area contributed by atoms with E-state index in [0.29, 0.717) is 31.2 Å². The Balaban J connectivity index is 1.46. The highest BCUT2D eigenvalue weighted by Gasteiger charge is 2.04. The van der Waals surface area contributed by atoms with E-state index in [1.165, 1.54) is 0 Å². The molecule has 1 aromatic carbocycles. The normalized spacial score (nSPS) is 10.2. The topological polar surface area (TPSA) is 79.8 Å². The van der Waals surface area contributed by atoms with Crippen molar-refractivity contribution in [3.63, 3.8) is 0 Å². The van der Waals surface area contributed by atoms with Gasteiger partial charge in [-0.05, 0) is 23.8 Å². The fraction of sp³-hybridized carbons (Fsp3) is 0.158. The molecule has 0 fully saturated rings. The molecule has 0 atom stereocenters. The van der Waals surface area contributed by atoms with Crippen molar-refractivity contribution in [3.05, 3.63) is 72.7 Å². The van der Waals surface area contributed by atoms with Crippen molar-refractivity contribution in [1.29, 1.82) is 0 Å². The third-order valence-corrected chi connectivity index (χ3v) is 3.58. The molecular weight excluding hydrogens is 314 g/mol. The molecule has 0 saturated heterocycles. The van der Waals surface area contributed by atoms with Crippen molar-refractivity contribution in [2.75, 3.05) is 11.9 Å². The zero-order chi connectivity index (χ0) is 17.3. The SMILES string of the molecule is O=C(CCNc1ccnc(-c2ccccc2)n1)NCc1ccncc1. The maximum atomic E-state index is 11.9. The minimum atomic E-state index is -0.0124. The molecule has 0 unspecified atom stereocenters. The van der Waals surface area contributed by atoms with E-state index < -0.39 is 0 Å². The Morgan fingerprint density at radius 2 is 1.76 bits per heavy atom. The Morgan fingerprint density at radius 3 is 2.56 bits per heavy atom. The average Bonchev–Trinajstić information content (AvgIpc) is 2.68. The Labute approximate surface area is 146 Å². The highest BCUT2D eigenvalue weighted by Crippen LogP contribution is 2.15. The molecule has 0 aliphatic carbocycles. The average molecular weight is 333 g/mol. The molecule has 2 heterocycles. The highest BCUT2D eigenvalue weighted by molar-refractivity contribution is 5.76.